The number of benzene rings is 1. The van der Waals surface area contributed by atoms with E-state index in [1.165, 1.54) is 23.3 Å². The molecule has 0 aliphatic rings. The van der Waals surface area contributed by atoms with Crippen molar-refractivity contribution in [3.05, 3.63) is 55.6 Å². The smallest absolute Gasteiger partial charge is 0.325 e. The van der Waals surface area contributed by atoms with E-state index in [0.29, 0.717) is 20.9 Å². The number of carbonyl (C=O) groups excluding carboxylic acids is 2. The number of carbonyl (C=O) groups is 2. The van der Waals surface area contributed by atoms with Gasteiger partial charge in [0, 0.05) is 16.0 Å². The molecule has 0 unspecified atom stereocenters. The molecule has 4 nitrogen and oxygen atoms in total. The highest BCUT2D eigenvalue weighted by atomic mass is 79.9. The van der Waals surface area contributed by atoms with Gasteiger partial charge in [-0.05, 0) is 45.1 Å². The number of halogens is 2. The third-order valence-corrected chi connectivity index (χ3v) is 5.01. The molecule has 1 amide bonds. The van der Waals surface area contributed by atoms with E-state index < -0.39 is 5.97 Å². The van der Waals surface area contributed by atoms with Gasteiger partial charge in [-0.15, -0.1) is 11.3 Å². The van der Waals surface area contributed by atoms with Crippen molar-refractivity contribution in [2.75, 3.05) is 13.7 Å². The molecular weight excluding hydrogens is 390 g/mol. The summed E-state index contributed by atoms with van der Waals surface area (Å²) in [6, 6.07) is 8.95. The number of nitrogens with zero attached hydrogens (tertiary/aromatic N) is 1. The molecule has 1 aromatic heterocycles. The summed E-state index contributed by atoms with van der Waals surface area (Å²) >= 11 is 10.5. The zero-order valence-corrected chi connectivity index (χ0v) is 14.9. The fourth-order valence-corrected chi connectivity index (χ4v) is 3.45. The van der Waals surface area contributed by atoms with E-state index in [0.717, 1.165) is 5.56 Å². The lowest BCUT2D eigenvalue weighted by Crippen LogP contribution is -2.35. The van der Waals surface area contributed by atoms with E-state index in [1.807, 2.05) is 17.5 Å². The first-order valence-corrected chi connectivity index (χ1v) is 8.40. The standard InChI is InChI=1S/C15H13BrClNO3S/c1-21-13(19)9-18(8-10-2-4-11(17)5-3-10)15(20)14-12(16)6-7-22-14/h2-7H,8-9H2,1H3. The van der Waals surface area contributed by atoms with Crippen molar-refractivity contribution in [2.45, 2.75) is 6.54 Å². The highest BCUT2D eigenvalue weighted by molar-refractivity contribution is 9.10. The fraction of sp³-hybridized carbons (Fsp3) is 0.200. The summed E-state index contributed by atoms with van der Waals surface area (Å²) in [4.78, 5) is 26.2. The number of esters is 1. The van der Waals surface area contributed by atoms with Gasteiger partial charge in [-0.1, -0.05) is 23.7 Å². The lowest BCUT2D eigenvalue weighted by Gasteiger charge is -2.21. The van der Waals surface area contributed by atoms with Crippen molar-refractivity contribution < 1.29 is 14.3 Å². The van der Waals surface area contributed by atoms with E-state index in [4.69, 9.17) is 11.6 Å². The van der Waals surface area contributed by atoms with Gasteiger partial charge in [0.25, 0.3) is 5.91 Å². The molecule has 22 heavy (non-hydrogen) atoms. The van der Waals surface area contributed by atoms with E-state index >= 15 is 0 Å². The highest BCUT2D eigenvalue weighted by Crippen LogP contribution is 2.25. The predicted molar refractivity (Wildman–Crippen MR) is 90.2 cm³/mol. The van der Waals surface area contributed by atoms with E-state index in [1.54, 1.807) is 18.2 Å². The lowest BCUT2D eigenvalue weighted by atomic mass is 10.2. The summed E-state index contributed by atoms with van der Waals surface area (Å²) in [6.07, 6.45) is 0. The molecule has 2 aromatic rings. The van der Waals surface area contributed by atoms with Crippen LogP contribution in [0, 0.1) is 0 Å². The number of rotatable bonds is 5. The molecule has 0 spiro atoms. The van der Waals surface area contributed by atoms with Crippen LogP contribution in [0.3, 0.4) is 0 Å². The van der Waals surface area contributed by atoms with Gasteiger partial charge in [-0.25, -0.2) is 0 Å². The Morgan fingerprint density at radius 2 is 1.95 bits per heavy atom. The van der Waals surface area contributed by atoms with Gasteiger partial charge in [0.2, 0.25) is 0 Å². The average molecular weight is 403 g/mol. The molecule has 0 aliphatic heterocycles. The first kappa shape index (κ1) is 17.0. The lowest BCUT2D eigenvalue weighted by molar-refractivity contribution is -0.141. The number of methoxy groups -OCH3 is 1. The topological polar surface area (TPSA) is 46.6 Å². The summed E-state index contributed by atoms with van der Waals surface area (Å²) in [5.74, 6) is -0.683. The molecule has 0 radical (unpaired) electrons. The monoisotopic (exact) mass is 401 g/mol. The molecule has 0 atom stereocenters. The molecular formula is C15H13BrClNO3S. The van der Waals surface area contributed by atoms with Crippen LogP contribution in [0.2, 0.25) is 5.02 Å². The Kier molecular flexibility index (Phi) is 5.99. The molecule has 0 bridgehead atoms. The molecule has 0 saturated carbocycles. The SMILES string of the molecule is COC(=O)CN(Cc1ccc(Cl)cc1)C(=O)c1sccc1Br. The van der Waals surface area contributed by atoms with Gasteiger partial charge in [0.15, 0.2) is 0 Å². The number of hydrogen-bond acceptors (Lipinski definition) is 4. The summed E-state index contributed by atoms with van der Waals surface area (Å²) in [7, 11) is 1.30. The minimum absolute atomic E-state index is 0.109. The van der Waals surface area contributed by atoms with Crippen molar-refractivity contribution in [1.82, 2.24) is 4.90 Å². The summed E-state index contributed by atoms with van der Waals surface area (Å²) in [5, 5.41) is 2.44. The molecule has 116 valence electrons. The van der Waals surface area contributed by atoms with Crippen LogP contribution in [-0.2, 0) is 16.1 Å². The minimum Gasteiger partial charge on any atom is -0.468 e. The molecule has 0 N–H and O–H groups in total. The molecule has 0 saturated heterocycles. The van der Waals surface area contributed by atoms with Crippen molar-refractivity contribution in [1.29, 1.82) is 0 Å². The van der Waals surface area contributed by atoms with E-state index in [-0.39, 0.29) is 12.5 Å². The Bertz CT molecular complexity index is 672. The van der Waals surface area contributed by atoms with Crippen LogP contribution in [0.15, 0.2) is 40.2 Å². The third kappa shape index (κ3) is 4.32. The van der Waals surface area contributed by atoms with Crippen LogP contribution in [0.1, 0.15) is 15.2 Å². The molecule has 1 aromatic carbocycles. The van der Waals surface area contributed by atoms with Crippen LogP contribution in [0.5, 0.6) is 0 Å². The Labute approximate surface area is 145 Å². The first-order valence-electron chi connectivity index (χ1n) is 6.34. The number of ether oxygens (including phenoxy) is 1. The second-order valence-corrected chi connectivity index (χ2v) is 6.67. The number of hydrogen-bond donors (Lipinski definition) is 0. The maximum Gasteiger partial charge on any atom is 0.325 e. The summed E-state index contributed by atoms with van der Waals surface area (Å²) in [6.45, 7) is 0.192. The Morgan fingerprint density at radius 3 is 2.50 bits per heavy atom. The van der Waals surface area contributed by atoms with Gasteiger partial charge in [0.1, 0.15) is 11.4 Å². The Hall–Kier alpha value is -1.37. The van der Waals surface area contributed by atoms with Crippen molar-refractivity contribution in [3.8, 4) is 0 Å². The van der Waals surface area contributed by atoms with Crippen molar-refractivity contribution in [3.63, 3.8) is 0 Å². The predicted octanol–water partition coefficient (Wildman–Crippen LogP) is 3.98. The van der Waals surface area contributed by atoms with Gasteiger partial charge in [0.05, 0.1) is 7.11 Å². The maximum absolute atomic E-state index is 12.6. The Balaban J connectivity index is 2.22. The molecule has 2 rings (SSSR count). The van der Waals surface area contributed by atoms with Crippen LogP contribution in [0.25, 0.3) is 0 Å². The minimum atomic E-state index is -0.463. The van der Waals surface area contributed by atoms with Crippen molar-refractivity contribution in [2.24, 2.45) is 0 Å². The zero-order chi connectivity index (χ0) is 16.1. The van der Waals surface area contributed by atoms with E-state index in [9.17, 15) is 9.59 Å². The van der Waals surface area contributed by atoms with Gasteiger partial charge >= 0.3 is 5.97 Å². The molecule has 7 heteroatoms. The van der Waals surface area contributed by atoms with Crippen LogP contribution in [-0.4, -0.2) is 30.4 Å². The molecule has 0 fully saturated rings. The second-order valence-electron chi connectivity index (χ2n) is 4.46. The summed E-state index contributed by atoms with van der Waals surface area (Å²) < 4.78 is 5.39. The van der Waals surface area contributed by atoms with Crippen LogP contribution in [0.4, 0.5) is 0 Å². The summed E-state index contributed by atoms with van der Waals surface area (Å²) in [5.41, 5.74) is 0.884. The van der Waals surface area contributed by atoms with E-state index in [2.05, 4.69) is 20.7 Å². The normalized spacial score (nSPS) is 10.3. The number of thiophene rings is 1. The van der Waals surface area contributed by atoms with Crippen LogP contribution < -0.4 is 0 Å². The molecule has 1 heterocycles. The fourth-order valence-electron chi connectivity index (χ4n) is 1.82. The van der Waals surface area contributed by atoms with Gasteiger partial charge in [-0.3, -0.25) is 9.59 Å². The highest BCUT2D eigenvalue weighted by Gasteiger charge is 2.22. The Morgan fingerprint density at radius 1 is 1.27 bits per heavy atom. The van der Waals surface area contributed by atoms with Crippen molar-refractivity contribution >= 4 is 50.7 Å². The third-order valence-electron chi connectivity index (χ3n) is 2.93. The zero-order valence-electron chi connectivity index (χ0n) is 11.7. The molecule has 0 aliphatic carbocycles. The van der Waals surface area contributed by atoms with Gasteiger partial charge < -0.3 is 9.64 Å². The number of amides is 1. The van der Waals surface area contributed by atoms with Gasteiger partial charge in [-0.2, -0.15) is 0 Å². The maximum atomic E-state index is 12.6. The first-order chi connectivity index (χ1) is 10.5. The second kappa shape index (κ2) is 7.76. The quantitative estimate of drug-likeness (QED) is 0.711. The largest absolute Gasteiger partial charge is 0.468 e. The average Bonchev–Trinajstić information content (AvgIpc) is 2.94. The van der Waals surface area contributed by atoms with Crippen LogP contribution >= 0.6 is 38.9 Å².